The first-order chi connectivity index (χ1) is 7.27. The maximum absolute atomic E-state index is 10.8. The standard InChI is InChI=1S/C14H22O2/c1-10(2)14(15)8-11-6-7-12(14,3)9-13(11,4)16-5/h6-7,11,15H,1,8-9H2,2-5H3/t11-,12-,13-,14+/m1/s1. The molecule has 90 valence electrons. The van der Waals surface area contributed by atoms with Crippen molar-refractivity contribution in [3.05, 3.63) is 24.3 Å². The summed E-state index contributed by atoms with van der Waals surface area (Å²) in [4.78, 5) is 0. The summed E-state index contributed by atoms with van der Waals surface area (Å²) in [7, 11) is 1.76. The van der Waals surface area contributed by atoms with Gasteiger partial charge in [0, 0.05) is 18.4 Å². The number of hydrogen-bond donors (Lipinski definition) is 1. The fraction of sp³-hybridized carbons (Fsp3) is 0.714. The van der Waals surface area contributed by atoms with Gasteiger partial charge in [-0.3, -0.25) is 0 Å². The highest BCUT2D eigenvalue weighted by atomic mass is 16.5. The molecule has 0 radical (unpaired) electrons. The van der Waals surface area contributed by atoms with Crippen LogP contribution in [0.1, 0.15) is 33.6 Å². The van der Waals surface area contributed by atoms with E-state index in [0.717, 1.165) is 18.4 Å². The molecule has 1 N–H and O–H groups in total. The molecule has 0 unspecified atom stereocenters. The number of fused-ring (bicyclic) bond motifs is 2. The Kier molecular flexibility index (Phi) is 2.38. The van der Waals surface area contributed by atoms with Crippen molar-refractivity contribution < 1.29 is 9.84 Å². The van der Waals surface area contributed by atoms with Gasteiger partial charge in [-0.1, -0.05) is 25.7 Å². The topological polar surface area (TPSA) is 29.5 Å². The Bertz CT molecular complexity index is 360. The maximum atomic E-state index is 10.8. The zero-order valence-corrected chi connectivity index (χ0v) is 10.7. The Morgan fingerprint density at radius 2 is 2.12 bits per heavy atom. The van der Waals surface area contributed by atoms with Gasteiger partial charge in [0.15, 0.2) is 0 Å². The molecule has 2 heteroatoms. The van der Waals surface area contributed by atoms with Crippen LogP contribution in [0.3, 0.4) is 0 Å². The number of rotatable bonds is 2. The smallest absolute Gasteiger partial charge is 0.0946 e. The minimum absolute atomic E-state index is 0.148. The second kappa shape index (κ2) is 3.21. The lowest BCUT2D eigenvalue weighted by atomic mass is 9.51. The van der Waals surface area contributed by atoms with Gasteiger partial charge in [0.25, 0.3) is 0 Å². The molecule has 3 aliphatic rings. The summed E-state index contributed by atoms with van der Waals surface area (Å²) in [5.74, 6) is 0.279. The monoisotopic (exact) mass is 222 g/mol. The van der Waals surface area contributed by atoms with Crippen molar-refractivity contribution >= 4 is 0 Å². The van der Waals surface area contributed by atoms with Crippen LogP contribution < -0.4 is 0 Å². The van der Waals surface area contributed by atoms with Crippen LogP contribution in [0.5, 0.6) is 0 Å². The predicted octanol–water partition coefficient (Wildman–Crippen LogP) is 2.68. The van der Waals surface area contributed by atoms with Crippen LogP contribution in [0, 0.1) is 11.3 Å². The van der Waals surface area contributed by atoms with E-state index in [2.05, 4.69) is 32.6 Å². The normalized spacial score (nSPS) is 50.7. The van der Waals surface area contributed by atoms with Crippen molar-refractivity contribution in [1.82, 2.24) is 0 Å². The zero-order valence-electron chi connectivity index (χ0n) is 10.7. The Hall–Kier alpha value is -0.600. The van der Waals surface area contributed by atoms with Crippen molar-refractivity contribution in [3.8, 4) is 0 Å². The van der Waals surface area contributed by atoms with E-state index in [4.69, 9.17) is 4.74 Å². The fourth-order valence-electron chi connectivity index (χ4n) is 3.46. The van der Waals surface area contributed by atoms with E-state index >= 15 is 0 Å². The van der Waals surface area contributed by atoms with Crippen molar-refractivity contribution in [2.75, 3.05) is 7.11 Å². The summed E-state index contributed by atoms with van der Waals surface area (Å²) in [5.41, 5.74) is -0.309. The summed E-state index contributed by atoms with van der Waals surface area (Å²) in [5, 5.41) is 10.8. The van der Waals surface area contributed by atoms with Gasteiger partial charge < -0.3 is 9.84 Å². The lowest BCUT2D eigenvalue weighted by Gasteiger charge is -2.59. The average molecular weight is 222 g/mol. The average Bonchev–Trinajstić information content (AvgIpc) is 2.20. The van der Waals surface area contributed by atoms with Gasteiger partial charge in [-0.15, -0.1) is 0 Å². The highest BCUT2D eigenvalue weighted by Gasteiger charge is 2.59. The van der Waals surface area contributed by atoms with Crippen LogP contribution in [-0.2, 0) is 4.74 Å². The molecule has 0 aliphatic heterocycles. The first kappa shape index (κ1) is 11.9. The third-order valence-corrected chi connectivity index (χ3v) is 4.83. The van der Waals surface area contributed by atoms with Crippen LogP contribution in [0.4, 0.5) is 0 Å². The SMILES string of the molecule is C=C(C)[C@@]1(O)C[C@H]2C=C[C@]1(C)C[C@@]2(C)OC. The lowest BCUT2D eigenvalue weighted by molar-refractivity contribution is -0.166. The van der Waals surface area contributed by atoms with E-state index in [9.17, 15) is 5.11 Å². The molecule has 1 fully saturated rings. The van der Waals surface area contributed by atoms with Crippen molar-refractivity contribution in [3.63, 3.8) is 0 Å². The highest BCUT2D eigenvalue weighted by Crippen LogP contribution is 2.58. The molecular formula is C14H22O2. The van der Waals surface area contributed by atoms with Gasteiger partial charge in [0.05, 0.1) is 11.2 Å². The third kappa shape index (κ3) is 1.26. The van der Waals surface area contributed by atoms with E-state index < -0.39 is 5.60 Å². The molecule has 2 nitrogen and oxygen atoms in total. The van der Waals surface area contributed by atoms with Crippen LogP contribution in [0.2, 0.25) is 0 Å². The van der Waals surface area contributed by atoms with Gasteiger partial charge in [0.2, 0.25) is 0 Å². The van der Waals surface area contributed by atoms with Crippen molar-refractivity contribution in [2.24, 2.45) is 11.3 Å². The number of methoxy groups -OCH3 is 1. The summed E-state index contributed by atoms with van der Waals surface area (Å²) in [6.07, 6.45) is 5.92. The van der Waals surface area contributed by atoms with Gasteiger partial charge in [-0.05, 0) is 32.3 Å². The molecule has 2 bridgehead atoms. The van der Waals surface area contributed by atoms with Gasteiger partial charge in [-0.25, -0.2) is 0 Å². The fourth-order valence-corrected chi connectivity index (χ4v) is 3.46. The van der Waals surface area contributed by atoms with Crippen LogP contribution in [0.15, 0.2) is 24.3 Å². The summed E-state index contributed by atoms with van der Waals surface area (Å²) in [6, 6.07) is 0. The summed E-state index contributed by atoms with van der Waals surface area (Å²) < 4.78 is 5.66. The zero-order chi connectivity index (χ0) is 12.2. The maximum Gasteiger partial charge on any atom is 0.0946 e. The Balaban J connectivity index is 2.45. The Morgan fingerprint density at radius 1 is 1.50 bits per heavy atom. The number of aliphatic hydroxyl groups is 1. The highest BCUT2D eigenvalue weighted by molar-refractivity contribution is 5.32. The molecule has 3 aliphatic carbocycles. The third-order valence-electron chi connectivity index (χ3n) is 4.83. The van der Waals surface area contributed by atoms with Crippen LogP contribution in [0.25, 0.3) is 0 Å². The van der Waals surface area contributed by atoms with Crippen molar-refractivity contribution in [2.45, 2.75) is 44.8 Å². The molecule has 0 aromatic carbocycles. The lowest BCUT2D eigenvalue weighted by Crippen LogP contribution is -2.61. The molecule has 1 saturated carbocycles. The van der Waals surface area contributed by atoms with Gasteiger partial charge in [-0.2, -0.15) is 0 Å². The van der Waals surface area contributed by atoms with Crippen LogP contribution >= 0.6 is 0 Å². The molecule has 3 rings (SSSR count). The van der Waals surface area contributed by atoms with E-state index in [1.54, 1.807) is 7.11 Å². The quantitative estimate of drug-likeness (QED) is 0.728. The van der Waals surface area contributed by atoms with Crippen LogP contribution in [-0.4, -0.2) is 23.4 Å². The number of hydrogen-bond acceptors (Lipinski definition) is 2. The van der Waals surface area contributed by atoms with E-state index in [1.807, 2.05) is 6.92 Å². The minimum Gasteiger partial charge on any atom is -0.385 e. The molecule has 16 heavy (non-hydrogen) atoms. The molecule has 0 amide bonds. The summed E-state index contributed by atoms with van der Waals surface area (Å²) in [6.45, 7) is 10.1. The molecular weight excluding hydrogens is 200 g/mol. The number of ether oxygens (including phenoxy) is 1. The first-order valence-corrected chi connectivity index (χ1v) is 5.90. The van der Waals surface area contributed by atoms with Crippen molar-refractivity contribution in [1.29, 1.82) is 0 Å². The van der Waals surface area contributed by atoms with E-state index in [-0.39, 0.29) is 16.9 Å². The largest absolute Gasteiger partial charge is 0.385 e. The molecule has 0 saturated heterocycles. The van der Waals surface area contributed by atoms with Gasteiger partial charge >= 0.3 is 0 Å². The second-order valence-corrected chi connectivity index (χ2v) is 5.92. The van der Waals surface area contributed by atoms with Gasteiger partial charge in [0.1, 0.15) is 0 Å². The van der Waals surface area contributed by atoms with E-state index in [0.29, 0.717) is 0 Å². The Morgan fingerprint density at radius 3 is 2.56 bits per heavy atom. The predicted molar refractivity (Wildman–Crippen MR) is 65.1 cm³/mol. The molecule has 0 heterocycles. The Labute approximate surface area is 98.0 Å². The molecule has 0 spiro atoms. The molecule has 0 aromatic heterocycles. The summed E-state index contributed by atoms with van der Waals surface area (Å²) >= 11 is 0. The minimum atomic E-state index is -0.773. The van der Waals surface area contributed by atoms with E-state index in [1.165, 1.54) is 0 Å². The molecule has 0 aromatic rings. The molecule has 4 atom stereocenters. The second-order valence-electron chi connectivity index (χ2n) is 5.92. The first-order valence-electron chi connectivity index (χ1n) is 5.90.